The molecular weight excluding hydrogens is 262 g/mol. The Labute approximate surface area is 118 Å². The van der Waals surface area contributed by atoms with E-state index in [0.717, 1.165) is 11.5 Å². The molecule has 106 valence electrons. The van der Waals surface area contributed by atoms with Crippen molar-refractivity contribution in [3.8, 4) is 0 Å². The summed E-state index contributed by atoms with van der Waals surface area (Å²) >= 11 is 1.66. The zero-order valence-corrected chi connectivity index (χ0v) is 12.3. The number of thioether (sulfide) groups is 1. The average Bonchev–Trinajstić information content (AvgIpc) is 2.92. The first-order valence-electron chi connectivity index (χ1n) is 6.69. The zero-order chi connectivity index (χ0) is 13.7. The van der Waals surface area contributed by atoms with Crippen molar-refractivity contribution in [2.24, 2.45) is 5.92 Å². The van der Waals surface area contributed by atoms with Crippen LogP contribution in [-0.2, 0) is 15.3 Å². The highest BCUT2D eigenvalue weighted by Crippen LogP contribution is 2.26. The summed E-state index contributed by atoms with van der Waals surface area (Å²) in [6.07, 6.45) is 1.67. The van der Waals surface area contributed by atoms with Gasteiger partial charge in [-0.2, -0.15) is 0 Å². The van der Waals surface area contributed by atoms with Gasteiger partial charge in [0.25, 0.3) is 0 Å². The second-order valence-electron chi connectivity index (χ2n) is 4.99. The largest absolute Gasteiger partial charge is 0.468 e. The number of furan rings is 1. The molecule has 2 rings (SSSR count). The molecule has 1 amide bonds. The molecule has 1 aliphatic rings. The number of amides is 1. The van der Waals surface area contributed by atoms with E-state index in [1.165, 1.54) is 0 Å². The molecule has 1 atom stereocenters. The molecule has 1 fully saturated rings. The normalized spacial score (nSPS) is 17.7. The lowest BCUT2D eigenvalue weighted by Crippen LogP contribution is -2.46. The minimum Gasteiger partial charge on any atom is -0.468 e. The lowest BCUT2D eigenvalue weighted by molar-refractivity contribution is -0.135. The zero-order valence-electron chi connectivity index (χ0n) is 11.5. The predicted molar refractivity (Wildman–Crippen MR) is 76.0 cm³/mol. The number of ether oxygens (including phenoxy) is 1. The fourth-order valence-corrected chi connectivity index (χ4v) is 3.26. The Morgan fingerprint density at radius 3 is 2.74 bits per heavy atom. The molecule has 1 aromatic rings. The van der Waals surface area contributed by atoms with Crippen molar-refractivity contribution in [2.75, 3.05) is 26.3 Å². The Bertz CT molecular complexity index is 385. The van der Waals surface area contributed by atoms with Gasteiger partial charge in [0, 0.05) is 13.1 Å². The van der Waals surface area contributed by atoms with Gasteiger partial charge in [-0.25, -0.2) is 0 Å². The van der Waals surface area contributed by atoms with Gasteiger partial charge < -0.3 is 14.1 Å². The van der Waals surface area contributed by atoms with E-state index in [2.05, 4.69) is 13.8 Å². The summed E-state index contributed by atoms with van der Waals surface area (Å²) in [5, 5.41) is -0.0109. The smallest absolute Gasteiger partial charge is 0.236 e. The molecule has 1 aliphatic heterocycles. The van der Waals surface area contributed by atoms with Crippen molar-refractivity contribution in [3.63, 3.8) is 0 Å². The van der Waals surface area contributed by atoms with Crippen LogP contribution in [0.15, 0.2) is 22.8 Å². The molecule has 4 nitrogen and oxygen atoms in total. The summed E-state index contributed by atoms with van der Waals surface area (Å²) in [6, 6.07) is 3.83. The van der Waals surface area contributed by atoms with E-state index >= 15 is 0 Å². The van der Waals surface area contributed by atoms with Crippen LogP contribution in [0.4, 0.5) is 0 Å². The Morgan fingerprint density at radius 1 is 1.42 bits per heavy atom. The van der Waals surface area contributed by atoms with Crippen LogP contribution < -0.4 is 0 Å². The first-order chi connectivity index (χ1) is 9.18. The quantitative estimate of drug-likeness (QED) is 0.832. The topological polar surface area (TPSA) is 42.7 Å². The van der Waals surface area contributed by atoms with Crippen LogP contribution in [-0.4, -0.2) is 42.4 Å². The maximum Gasteiger partial charge on any atom is 0.236 e. The molecule has 0 aliphatic carbocycles. The summed E-state index contributed by atoms with van der Waals surface area (Å²) in [5.41, 5.74) is 0. The van der Waals surface area contributed by atoms with Gasteiger partial charge in [0.1, 0.15) is 5.76 Å². The van der Waals surface area contributed by atoms with Crippen molar-refractivity contribution >= 4 is 17.7 Å². The van der Waals surface area contributed by atoms with E-state index in [-0.39, 0.29) is 11.2 Å². The van der Waals surface area contributed by atoms with Crippen LogP contribution in [0.1, 0.15) is 19.6 Å². The van der Waals surface area contributed by atoms with Crippen molar-refractivity contribution in [1.82, 2.24) is 4.90 Å². The Hall–Kier alpha value is -0.940. The number of carbonyl (C=O) groups excluding carboxylic acids is 1. The lowest BCUT2D eigenvalue weighted by Gasteiger charge is -2.31. The van der Waals surface area contributed by atoms with Crippen LogP contribution in [0.5, 0.6) is 0 Å². The van der Waals surface area contributed by atoms with Crippen LogP contribution in [0.3, 0.4) is 0 Å². The highest BCUT2D eigenvalue weighted by Gasteiger charge is 2.28. The molecule has 0 aromatic carbocycles. The fraction of sp³-hybridized carbons (Fsp3) is 0.643. The number of hydrogen-bond donors (Lipinski definition) is 0. The van der Waals surface area contributed by atoms with Gasteiger partial charge in [-0.3, -0.25) is 4.79 Å². The lowest BCUT2D eigenvalue weighted by atomic mass is 10.1. The van der Waals surface area contributed by atoms with Gasteiger partial charge >= 0.3 is 0 Å². The van der Waals surface area contributed by atoms with Crippen LogP contribution in [0.2, 0.25) is 0 Å². The number of morpholine rings is 1. The van der Waals surface area contributed by atoms with E-state index in [1.54, 1.807) is 18.0 Å². The second-order valence-corrected chi connectivity index (χ2v) is 6.12. The molecule has 0 bridgehead atoms. The summed E-state index contributed by atoms with van der Waals surface area (Å²) in [5.74, 6) is 2.21. The SMILES string of the molecule is CC(C)[C@@H](SCc1ccco1)C(=O)N1CCOCC1. The predicted octanol–water partition coefficient (Wildman–Crippen LogP) is 2.40. The molecule has 0 spiro atoms. The number of nitrogens with zero attached hydrogens (tertiary/aromatic N) is 1. The third-order valence-electron chi connectivity index (χ3n) is 3.16. The van der Waals surface area contributed by atoms with E-state index in [9.17, 15) is 4.79 Å². The van der Waals surface area contributed by atoms with Crippen molar-refractivity contribution in [2.45, 2.75) is 24.9 Å². The molecule has 19 heavy (non-hydrogen) atoms. The minimum atomic E-state index is -0.0109. The number of rotatable bonds is 5. The maximum atomic E-state index is 12.5. The highest BCUT2D eigenvalue weighted by atomic mass is 32.2. The molecule has 1 saturated heterocycles. The van der Waals surface area contributed by atoms with Crippen molar-refractivity contribution < 1.29 is 13.9 Å². The van der Waals surface area contributed by atoms with E-state index in [0.29, 0.717) is 32.2 Å². The van der Waals surface area contributed by atoms with E-state index < -0.39 is 0 Å². The molecule has 0 N–H and O–H groups in total. The summed E-state index contributed by atoms with van der Waals surface area (Å²) in [7, 11) is 0. The first kappa shape index (κ1) is 14.5. The van der Waals surface area contributed by atoms with Gasteiger partial charge in [-0.1, -0.05) is 13.8 Å². The van der Waals surface area contributed by atoms with Gasteiger partial charge in [0.2, 0.25) is 5.91 Å². The Balaban J connectivity index is 1.92. The Kier molecular flexibility index (Phi) is 5.34. The molecule has 0 radical (unpaired) electrons. The van der Waals surface area contributed by atoms with Crippen LogP contribution >= 0.6 is 11.8 Å². The van der Waals surface area contributed by atoms with E-state index in [4.69, 9.17) is 9.15 Å². The second kappa shape index (κ2) is 7.01. The van der Waals surface area contributed by atoms with E-state index in [1.807, 2.05) is 17.0 Å². The minimum absolute atomic E-state index is 0.0109. The highest BCUT2D eigenvalue weighted by molar-refractivity contribution is 7.99. The standard InChI is InChI=1S/C14H21NO3S/c1-11(2)13(19-10-12-4-3-7-18-12)14(16)15-5-8-17-9-6-15/h3-4,7,11,13H,5-6,8-10H2,1-2H3/t13-/m1/s1. The summed E-state index contributed by atoms with van der Waals surface area (Å²) in [4.78, 5) is 14.4. The van der Waals surface area contributed by atoms with Gasteiger partial charge in [-0.15, -0.1) is 11.8 Å². The third kappa shape index (κ3) is 4.01. The monoisotopic (exact) mass is 283 g/mol. The maximum absolute atomic E-state index is 12.5. The van der Waals surface area contributed by atoms with Gasteiger partial charge in [0.15, 0.2) is 0 Å². The summed E-state index contributed by atoms with van der Waals surface area (Å²) in [6.45, 7) is 6.92. The van der Waals surface area contributed by atoms with Crippen molar-refractivity contribution in [3.05, 3.63) is 24.2 Å². The molecular formula is C14H21NO3S. The molecule has 0 saturated carbocycles. The fourth-order valence-electron chi connectivity index (χ4n) is 2.08. The molecule has 5 heteroatoms. The van der Waals surface area contributed by atoms with Crippen molar-refractivity contribution in [1.29, 1.82) is 0 Å². The average molecular weight is 283 g/mol. The first-order valence-corrected chi connectivity index (χ1v) is 7.74. The number of carbonyl (C=O) groups is 1. The van der Waals surface area contributed by atoms with Crippen LogP contribution in [0.25, 0.3) is 0 Å². The summed E-state index contributed by atoms with van der Waals surface area (Å²) < 4.78 is 10.6. The van der Waals surface area contributed by atoms with Gasteiger partial charge in [0.05, 0.1) is 30.5 Å². The molecule has 2 heterocycles. The Morgan fingerprint density at radius 2 is 2.16 bits per heavy atom. The number of hydrogen-bond acceptors (Lipinski definition) is 4. The van der Waals surface area contributed by atoms with Crippen LogP contribution in [0, 0.1) is 5.92 Å². The molecule has 1 aromatic heterocycles. The third-order valence-corrected chi connectivity index (χ3v) is 4.71. The van der Waals surface area contributed by atoms with Gasteiger partial charge in [-0.05, 0) is 18.1 Å². The molecule has 0 unspecified atom stereocenters.